The number of methoxy groups -OCH3 is 1. The maximum Gasteiger partial charge on any atom is 0.169 e. The Morgan fingerprint density at radius 2 is 1.77 bits per heavy atom. The van der Waals surface area contributed by atoms with Crippen LogP contribution >= 0.6 is 11.3 Å². The molecule has 0 aliphatic rings. The topological polar surface area (TPSA) is 56.3 Å². The van der Waals surface area contributed by atoms with Crippen LogP contribution in [0.1, 0.15) is 27.9 Å². The van der Waals surface area contributed by atoms with E-state index in [1.54, 1.807) is 26.2 Å². The lowest BCUT2D eigenvalue weighted by molar-refractivity contribution is -0.116. The van der Waals surface area contributed by atoms with Gasteiger partial charge in [0.25, 0.3) is 0 Å². The number of aromatic nitrogens is 1. The fourth-order valence-electron chi connectivity index (χ4n) is 2.71. The van der Waals surface area contributed by atoms with E-state index >= 15 is 0 Å². The van der Waals surface area contributed by atoms with Crippen LogP contribution in [0.2, 0.25) is 0 Å². The molecule has 2 aromatic carbocycles. The van der Waals surface area contributed by atoms with Crippen molar-refractivity contribution in [2.24, 2.45) is 0 Å². The van der Waals surface area contributed by atoms with Gasteiger partial charge in [0.2, 0.25) is 0 Å². The Bertz CT molecular complexity index is 928. The Morgan fingerprint density at radius 3 is 2.46 bits per heavy atom. The molecule has 0 amide bonds. The summed E-state index contributed by atoms with van der Waals surface area (Å²) in [5.41, 5.74) is 3.28. The van der Waals surface area contributed by atoms with E-state index in [4.69, 9.17) is 4.74 Å². The number of rotatable bonds is 7. The van der Waals surface area contributed by atoms with Crippen LogP contribution in [0.25, 0.3) is 11.3 Å². The van der Waals surface area contributed by atoms with Crippen LogP contribution in [-0.4, -0.2) is 23.7 Å². The predicted molar refractivity (Wildman–Crippen MR) is 103 cm³/mol. The predicted octanol–water partition coefficient (Wildman–Crippen LogP) is 4.38. The smallest absolute Gasteiger partial charge is 0.169 e. The minimum absolute atomic E-state index is 0.0142. The Morgan fingerprint density at radius 1 is 1.04 bits per heavy atom. The quantitative estimate of drug-likeness (QED) is 0.583. The van der Waals surface area contributed by atoms with Crippen LogP contribution in [0.4, 0.5) is 0 Å². The minimum atomic E-state index is 0.0142. The van der Waals surface area contributed by atoms with E-state index in [1.165, 1.54) is 11.3 Å². The van der Waals surface area contributed by atoms with Crippen molar-refractivity contribution in [2.75, 3.05) is 7.11 Å². The van der Waals surface area contributed by atoms with Gasteiger partial charge >= 0.3 is 0 Å². The van der Waals surface area contributed by atoms with Gasteiger partial charge in [-0.25, -0.2) is 4.98 Å². The van der Waals surface area contributed by atoms with Gasteiger partial charge in [0.1, 0.15) is 16.5 Å². The maximum atomic E-state index is 12.5. The molecule has 0 radical (unpaired) electrons. The number of ketones is 2. The molecule has 0 unspecified atom stereocenters. The molecule has 0 aliphatic carbocycles. The lowest BCUT2D eigenvalue weighted by atomic mass is 10.0. The molecule has 26 heavy (non-hydrogen) atoms. The van der Waals surface area contributed by atoms with E-state index in [1.807, 2.05) is 41.8 Å². The standard InChI is InChI=1S/C21H19NO3S/c1-14(23)11-15-7-9-16(10-8-15)19(24)12-21-22-18(13-26-21)17-5-3-4-6-20(17)25-2/h3-10,13H,11-12H2,1-2H3. The van der Waals surface area contributed by atoms with E-state index in [0.29, 0.717) is 12.0 Å². The number of hydrogen-bond donors (Lipinski definition) is 0. The van der Waals surface area contributed by atoms with Crippen LogP contribution in [0.15, 0.2) is 53.9 Å². The van der Waals surface area contributed by atoms with Gasteiger partial charge < -0.3 is 4.74 Å². The molecule has 0 fully saturated rings. The van der Waals surface area contributed by atoms with Gasteiger partial charge in [-0.15, -0.1) is 11.3 Å². The summed E-state index contributed by atoms with van der Waals surface area (Å²) >= 11 is 1.47. The third-order valence-electron chi connectivity index (χ3n) is 3.98. The van der Waals surface area contributed by atoms with Gasteiger partial charge in [-0.05, 0) is 24.6 Å². The number of ether oxygens (including phenoxy) is 1. The minimum Gasteiger partial charge on any atom is -0.496 e. The van der Waals surface area contributed by atoms with Crippen LogP contribution in [-0.2, 0) is 17.6 Å². The van der Waals surface area contributed by atoms with Crippen molar-refractivity contribution in [1.82, 2.24) is 4.98 Å². The fourth-order valence-corrected chi connectivity index (χ4v) is 3.50. The normalized spacial score (nSPS) is 10.5. The molecule has 0 saturated carbocycles. The summed E-state index contributed by atoms with van der Waals surface area (Å²) in [6.07, 6.45) is 0.648. The number of thiazole rings is 1. The van der Waals surface area contributed by atoms with Gasteiger partial charge in [0.15, 0.2) is 5.78 Å². The van der Waals surface area contributed by atoms with Gasteiger partial charge in [-0.1, -0.05) is 36.4 Å². The molecule has 132 valence electrons. The van der Waals surface area contributed by atoms with Crippen molar-refractivity contribution in [3.05, 3.63) is 70.0 Å². The van der Waals surface area contributed by atoms with Crippen molar-refractivity contribution in [3.63, 3.8) is 0 Å². The molecule has 5 heteroatoms. The zero-order valence-corrected chi connectivity index (χ0v) is 15.5. The van der Waals surface area contributed by atoms with Crippen molar-refractivity contribution in [3.8, 4) is 17.0 Å². The van der Waals surface area contributed by atoms with Crippen molar-refractivity contribution < 1.29 is 14.3 Å². The highest BCUT2D eigenvalue weighted by atomic mass is 32.1. The molecule has 0 aliphatic heterocycles. The summed E-state index contributed by atoms with van der Waals surface area (Å²) in [6, 6.07) is 14.9. The van der Waals surface area contributed by atoms with Crippen LogP contribution < -0.4 is 4.74 Å². The molecule has 3 rings (SSSR count). The number of benzene rings is 2. The molecule has 4 nitrogen and oxygen atoms in total. The first-order chi connectivity index (χ1) is 12.6. The highest BCUT2D eigenvalue weighted by Crippen LogP contribution is 2.30. The van der Waals surface area contributed by atoms with Crippen molar-refractivity contribution in [2.45, 2.75) is 19.8 Å². The zero-order valence-electron chi connectivity index (χ0n) is 14.7. The van der Waals surface area contributed by atoms with Gasteiger partial charge in [-0.2, -0.15) is 0 Å². The Hall–Kier alpha value is -2.79. The average Bonchev–Trinajstić information content (AvgIpc) is 3.10. The summed E-state index contributed by atoms with van der Waals surface area (Å²) in [4.78, 5) is 28.2. The first-order valence-electron chi connectivity index (χ1n) is 8.26. The molecule has 0 N–H and O–H groups in total. The summed E-state index contributed by atoms with van der Waals surface area (Å²) in [5, 5.41) is 2.71. The second-order valence-corrected chi connectivity index (χ2v) is 6.95. The number of hydrogen-bond acceptors (Lipinski definition) is 5. The number of carbonyl (C=O) groups is 2. The molecular weight excluding hydrogens is 346 g/mol. The molecule has 1 aromatic heterocycles. The van der Waals surface area contributed by atoms with Crippen molar-refractivity contribution >= 4 is 22.9 Å². The number of carbonyl (C=O) groups excluding carboxylic acids is 2. The molecule has 0 bridgehead atoms. The monoisotopic (exact) mass is 365 g/mol. The second kappa shape index (κ2) is 8.06. The Labute approximate surface area is 156 Å². The zero-order chi connectivity index (χ0) is 18.5. The fraction of sp³-hybridized carbons (Fsp3) is 0.190. The molecule has 3 aromatic rings. The number of para-hydroxylation sites is 1. The molecule has 0 saturated heterocycles. The summed E-state index contributed by atoms with van der Waals surface area (Å²) in [6.45, 7) is 1.56. The van der Waals surface area contributed by atoms with Gasteiger partial charge in [-0.3, -0.25) is 9.59 Å². The van der Waals surface area contributed by atoms with E-state index in [0.717, 1.165) is 27.6 Å². The number of Topliss-reactive ketones (excluding diaryl/α,β-unsaturated/α-hetero) is 2. The highest BCUT2D eigenvalue weighted by Gasteiger charge is 2.13. The van der Waals surface area contributed by atoms with Crippen LogP contribution in [0.3, 0.4) is 0 Å². The van der Waals surface area contributed by atoms with E-state index in [-0.39, 0.29) is 18.0 Å². The van der Waals surface area contributed by atoms with E-state index < -0.39 is 0 Å². The third kappa shape index (κ3) is 4.24. The average molecular weight is 365 g/mol. The molecule has 0 spiro atoms. The van der Waals surface area contributed by atoms with Crippen molar-refractivity contribution in [1.29, 1.82) is 0 Å². The largest absolute Gasteiger partial charge is 0.496 e. The molecule has 0 atom stereocenters. The first kappa shape index (κ1) is 18.0. The lowest BCUT2D eigenvalue weighted by Crippen LogP contribution is -2.04. The second-order valence-electron chi connectivity index (χ2n) is 6.00. The third-order valence-corrected chi connectivity index (χ3v) is 4.82. The Balaban J connectivity index is 1.72. The summed E-state index contributed by atoms with van der Waals surface area (Å²) in [5.74, 6) is 0.882. The Kier molecular flexibility index (Phi) is 5.58. The summed E-state index contributed by atoms with van der Waals surface area (Å²) in [7, 11) is 1.63. The van der Waals surface area contributed by atoms with E-state index in [2.05, 4.69) is 4.98 Å². The van der Waals surface area contributed by atoms with E-state index in [9.17, 15) is 9.59 Å². The molecule has 1 heterocycles. The highest BCUT2D eigenvalue weighted by molar-refractivity contribution is 7.10. The van der Waals surface area contributed by atoms with Gasteiger partial charge in [0, 0.05) is 22.9 Å². The van der Waals surface area contributed by atoms with Gasteiger partial charge in [0.05, 0.1) is 19.2 Å². The lowest BCUT2D eigenvalue weighted by Gasteiger charge is -2.05. The maximum absolute atomic E-state index is 12.5. The number of nitrogens with zero attached hydrogens (tertiary/aromatic N) is 1. The summed E-state index contributed by atoms with van der Waals surface area (Å²) < 4.78 is 5.37. The van der Waals surface area contributed by atoms with Crippen LogP contribution in [0, 0.1) is 0 Å². The SMILES string of the molecule is COc1ccccc1-c1csc(CC(=O)c2ccc(CC(C)=O)cc2)n1. The molecular formula is C21H19NO3S. The first-order valence-corrected chi connectivity index (χ1v) is 9.14. The van der Waals surface area contributed by atoms with Crippen LogP contribution in [0.5, 0.6) is 5.75 Å².